The summed E-state index contributed by atoms with van der Waals surface area (Å²) >= 11 is 1.64. The molecule has 1 saturated heterocycles. The van der Waals surface area contributed by atoms with E-state index in [0.29, 0.717) is 17.4 Å². The average Bonchev–Trinajstić information content (AvgIpc) is 3.37. The predicted molar refractivity (Wildman–Crippen MR) is 105 cm³/mol. The Morgan fingerprint density at radius 1 is 1.22 bits per heavy atom. The lowest BCUT2D eigenvalue weighted by molar-refractivity contribution is -0.131. The Balaban J connectivity index is 1.46. The summed E-state index contributed by atoms with van der Waals surface area (Å²) in [5.41, 5.74) is 0.343. The summed E-state index contributed by atoms with van der Waals surface area (Å²) in [5.74, 6) is -0.668. The molecular weight excluding hydrogens is 362 g/mol. The van der Waals surface area contributed by atoms with Gasteiger partial charge in [0.05, 0.1) is 12.6 Å². The lowest BCUT2D eigenvalue weighted by Gasteiger charge is -2.24. The van der Waals surface area contributed by atoms with Crippen molar-refractivity contribution < 1.29 is 9.59 Å². The standard InChI is InChI=1S/C20H19N3O3S/c24-18(23-9-3-7-16(23)17-8-4-10-27-17)12-22-20(26)14-11-21-15-6-2-1-5-13(15)19(14)25/h1-2,4-6,8,10-11,16H,3,7,9,12H2,(H,21,25)(H,22,26). The van der Waals surface area contributed by atoms with Gasteiger partial charge in [-0.25, -0.2) is 0 Å². The highest BCUT2D eigenvalue weighted by atomic mass is 32.1. The van der Waals surface area contributed by atoms with E-state index in [2.05, 4.69) is 10.3 Å². The normalized spacial score (nSPS) is 16.6. The minimum Gasteiger partial charge on any atom is -0.360 e. The monoisotopic (exact) mass is 381 g/mol. The third-order valence-corrected chi connectivity index (χ3v) is 5.85. The molecule has 2 amide bonds. The fourth-order valence-corrected chi connectivity index (χ4v) is 4.40. The minimum absolute atomic E-state index is 0.0118. The van der Waals surface area contributed by atoms with E-state index < -0.39 is 5.91 Å². The first-order chi connectivity index (χ1) is 13.1. The molecule has 0 bridgehead atoms. The number of nitrogens with one attached hydrogen (secondary N) is 2. The fourth-order valence-electron chi connectivity index (χ4n) is 3.53. The van der Waals surface area contributed by atoms with Gasteiger partial charge in [-0.15, -0.1) is 11.3 Å². The molecule has 27 heavy (non-hydrogen) atoms. The summed E-state index contributed by atoms with van der Waals surface area (Å²) in [4.78, 5) is 43.5. The number of rotatable bonds is 4. The number of likely N-dealkylation sites (tertiary alicyclic amines) is 1. The van der Waals surface area contributed by atoms with Crippen LogP contribution in [-0.4, -0.2) is 34.8 Å². The number of aromatic amines is 1. The van der Waals surface area contributed by atoms with Crippen molar-refractivity contribution in [2.24, 2.45) is 0 Å². The molecule has 1 aliphatic heterocycles. The zero-order chi connectivity index (χ0) is 18.8. The van der Waals surface area contributed by atoms with Gasteiger partial charge in [0.15, 0.2) is 0 Å². The number of hydrogen-bond donors (Lipinski definition) is 2. The van der Waals surface area contributed by atoms with E-state index in [1.807, 2.05) is 28.5 Å². The van der Waals surface area contributed by atoms with E-state index >= 15 is 0 Å². The van der Waals surface area contributed by atoms with Crippen LogP contribution in [0, 0.1) is 0 Å². The van der Waals surface area contributed by atoms with Crippen LogP contribution in [0.1, 0.15) is 34.1 Å². The maximum absolute atomic E-state index is 12.6. The summed E-state index contributed by atoms with van der Waals surface area (Å²) in [6.07, 6.45) is 3.28. The molecule has 1 fully saturated rings. The number of thiophene rings is 1. The molecule has 138 valence electrons. The Morgan fingerprint density at radius 2 is 2.07 bits per heavy atom. The van der Waals surface area contributed by atoms with Gasteiger partial charge >= 0.3 is 0 Å². The molecule has 2 aromatic heterocycles. The zero-order valence-corrected chi connectivity index (χ0v) is 15.4. The summed E-state index contributed by atoms with van der Waals surface area (Å²) in [6, 6.07) is 11.1. The first-order valence-electron chi connectivity index (χ1n) is 8.86. The van der Waals surface area contributed by atoms with E-state index in [4.69, 9.17) is 0 Å². The number of pyridine rings is 1. The van der Waals surface area contributed by atoms with E-state index in [-0.39, 0.29) is 29.5 Å². The van der Waals surface area contributed by atoms with Crippen LogP contribution in [0.2, 0.25) is 0 Å². The number of aromatic nitrogens is 1. The van der Waals surface area contributed by atoms with Crippen LogP contribution in [0.5, 0.6) is 0 Å². The zero-order valence-electron chi connectivity index (χ0n) is 14.6. The molecule has 7 heteroatoms. The second kappa shape index (κ2) is 7.36. The van der Waals surface area contributed by atoms with Crippen LogP contribution in [0.25, 0.3) is 10.9 Å². The molecule has 2 N–H and O–H groups in total. The smallest absolute Gasteiger partial charge is 0.257 e. The van der Waals surface area contributed by atoms with Crippen molar-refractivity contribution in [1.29, 1.82) is 0 Å². The highest BCUT2D eigenvalue weighted by Gasteiger charge is 2.30. The minimum atomic E-state index is -0.540. The van der Waals surface area contributed by atoms with Crippen LogP contribution in [0.4, 0.5) is 0 Å². The first-order valence-corrected chi connectivity index (χ1v) is 9.74. The fraction of sp³-hybridized carbons (Fsp3) is 0.250. The van der Waals surface area contributed by atoms with Gasteiger partial charge in [0, 0.05) is 28.5 Å². The lowest BCUT2D eigenvalue weighted by Crippen LogP contribution is -2.40. The molecule has 1 aliphatic rings. The Kier molecular flexibility index (Phi) is 4.77. The van der Waals surface area contributed by atoms with Crippen LogP contribution < -0.4 is 10.7 Å². The molecule has 6 nitrogen and oxygen atoms in total. The summed E-state index contributed by atoms with van der Waals surface area (Å²) in [6.45, 7) is 0.570. The van der Waals surface area contributed by atoms with Gasteiger partial charge in [0.25, 0.3) is 5.91 Å². The number of H-pyrrole nitrogens is 1. The lowest BCUT2D eigenvalue weighted by atomic mass is 10.1. The van der Waals surface area contributed by atoms with Crippen LogP contribution in [0.3, 0.4) is 0 Å². The van der Waals surface area contributed by atoms with E-state index in [1.54, 1.807) is 29.5 Å². The SMILES string of the molecule is O=C(NCC(=O)N1CCCC1c1cccs1)c1c[nH]c2ccccc2c1=O. The predicted octanol–water partition coefficient (Wildman–Crippen LogP) is 2.68. The topological polar surface area (TPSA) is 82.3 Å². The molecule has 1 aromatic carbocycles. The average molecular weight is 381 g/mol. The highest BCUT2D eigenvalue weighted by molar-refractivity contribution is 7.10. The molecule has 4 rings (SSSR count). The number of carbonyl (C=O) groups excluding carboxylic acids is 2. The van der Waals surface area contributed by atoms with Gasteiger partial charge in [-0.1, -0.05) is 18.2 Å². The van der Waals surface area contributed by atoms with Crippen molar-refractivity contribution in [2.75, 3.05) is 13.1 Å². The van der Waals surface area contributed by atoms with Crippen molar-refractivity contribution in [3.63, 3.8) is 0 Å². The number of benzene rings is 1. The number of carbonyl (C=O) groups is 2. The number of hydrogen-bond acceptors (Lipinski definition) is 4. The van der Waals surface area contributed by atoms with Gasteiger partial charge in [-0.3, -0.25) is 14.4 Å². The summed E-state index contributed by atoms with van der Waals surface area (Å²) in [5, 5.41) is 5.06. The van der Waals surface area contributed by atoms with Crippen molar-refractivity contribution >= 4 is 34.1 Å². The van der Waals surface area contributed by atoms with Crippen molar-refractivity contribution in [3.8, 4) is 0 Å². The maximum Gasteiger partial charge on any atom is 0.257 e. The van der Waals surface area contributed by atoms with Gasteiger partial charge in [-0.05, 0) is 36.4 Å². The van der Waals surface area contributed by atoms with Gasteiger partial charge in [-0.2, -0.15) is 0 Å². The van der Waals surface area contributed by atoms with Gasteiger partial charge < -0.3 is 15.2 Å². The Hall–Kier alpha value is -2.93. The molecular formula is C20H19N3O3S. The van der Waals surface area contributed by atoms with Crippen LogP contribution in [0.15, 0.2) is 52.8 Å². The largest absolute Gasteiger partial charge is 0.360 e. The number of amides is 2. The maximum atomic E-state index is 12.6. The highest BCUT2D eigenvalue weighted by Crippen LogP contribution is 2.34. The molecule has 1 atom stereocenters. The first kappa shape index (κ1) is 17.5. The molecule has 0 saturated carbocycles. The van der Waals surface area contributed by atoms with Crippen molar-refractivity contribution in [3.05, 3.63) is 68.6 Å². The van der Waals surface area contributed by atoms with Crippen molar-refractivity contribution in [2.45, 2.75) is 18.9 Å². The number of nitrogens with zero attached hydrogens (tertiary/aromatic N) is 1. The Bertz CT molecular complexity index is 1040. The van der Waals surface area contributed by atoms with Crippen LogP contribution >= 0.6 is 11.3 Å². The van der Waals surface area contributed by atoms with Crippen LogP contribution in [-0.2, 0) is 4.79 Å². The Labute approximate surface area is 159 Å². The van der Waals surface area contributed by atoms with Crippen molar-refractivity contribution in [1.82, 2.24) is 15.2 Å². The second-order valence-corrected chi connectivity index (χ2v) is 7.50. The van der Waals surface area contributed by atoms with Gasteiger partial charge in [0.2, 0.25) is 11.3 Å². The molecule has 3 aromatic rings. The molecule has 1 unspecified atom stereocenters. The molecule has 0 spiro atoms. The summed E-state index contributed by atoms with van der Waals surface area (Å²) < 4.78 is 0. The molecule has 3 heterocycles. The van der Waals surface area contributed by atoms with Gasteiger partial charge in [0.1, 0.15) is 5.56 Å². The third-order valence-electron chi connectivity index (χ3n) is 4.88. The second-order valence-electron chi connectivity index (χ2n) is 6.52. The van der Waals surface area contributed by atoms with E-state index in [0.717, 1.165) is 17.7 Å². The van der Waals surface area contributed by atoms with E-state index in [1.165, 1.54) is 6.20 Å². The molecule has 0 aliphatic carbocycles. The quantitative estimate of drug-likeness (QED) is 0.729. The number of fused-ring (bicyclic) bond motifs is 1. The third kappa shape index (κ3) is 3.38. The van der Waals surface area contributed by atoms with E-state index in [9.17, 15) is 14.4 Å². The Morgan fingerprint density at radius 3 is 2.89 bits per heavy atom. The number of para-hydroxylation sites is 1. The molecule has 0 radical (unpaired) electrons. The summed E-state index contributed by atoms with van der Waals surface area (Å²) in [7, 11) is 0.